The molecule has 1 fully saturated rings. The fourth-order valence-corrected chi connectivity index (χ4v) is 3.14. The van der Waals surface area contributed by atoms with Gasteiger partial charge in [-0.1, -0.05) is 18.6 Å². The van der Waals surface area contributed by atoms with Crippen LogP contribution in [0.3, 0.4) is 0 Å². The first-order valence-corrected chi connectivity index (χ1v) is 8.65. The Morgan fingerprint density at radius 2 is 1.74 bits per heavy atom. The molecule has 4 heteroatoms. The monoisotopic (exact) mass is 317 g/mol. The molecular formula is C19H31N3O. The zero-order valence-electron chi connectivity index (χ0n) is 15.1. The van der Waals surface area contributed by atoms with E-state index in [1.807, 2.05) is 38.4 Å². The van der Waals surface area contributed by atoms with Crippen LogP contribution in [-0.4, -0.2) is 55.0 Å². The maximum absolute atomic E-state index is 12.4. The third-order valence-electron chi connectivity index (χ3n) is 4.61. The van der Waals surface area contributed by atoms with Gasteiger partial charge in [0.2, 0.25) is 0 Å². The first kappa shape index (κ1) is 18.0. The Kier molecular flexibility index (Phi) is 6.19. The van der Waals surface area contributed by atoms with Gasteiger partial charge in [0, 0.05) is 24.2 Å². The van der Waals surface area contributed by atoms with Gasteiger partial charge < -0.3 is 10.2 Å². The average molecular weight is 317 g/mol. The number of benzene rings is 1. The molecule has 0 unspecified atom stereocenters. The summed E-state index contributed by atoms with van der Waals surface area (Å²) in [5.74, 6) is 0.0199. The number of amides is 1. The van der Waals surface area contributed by atoms with Gasteiger partial charge in [0.15, 0.2) is 0 Å². The van der Waals surface area contributed by atoms with Crippen LogP contribution in [-0.2, 0) is 6.54 Å². The number of piperidine rings is 1. The van der Waals surface area contributed by atoms with E-state index >= 15 is 0 Å². The van der Waals surface area contributed by atoms with Gasteiger partial charge in [-0.2, -0.15) is 0 Å². The molecule has 1 N–H and O–H groups in total. The van der Waals surface area contributed by atoms with Crippen LogP contribution in [0.5, 0.6) is 0 Å². The van der Waals surface area contributed by atoms with Crippen molar-refractivity contribution in [3.63, 3.8) is 0 Å². The van der Waals surface area contributed by atoms with Crippen LogP contribution in [0.25, 0.3) is 0 Å². The van der Waals surface area contributed by atoms with Gasteiger partial charge in [-0.25, -0.2) is 0 Å². The van der Waals surface area contributed by atoms with E-state index in [4.69, 9.17) is 0 Å². The summed E-state index contributed by atoms with van der Waals surface area (Å²) in [6, 6.07) is 7.90. The highest BCUT2D eigenvalue weighted by Gasteiger charge is 2.28. The van der Waals surface area contributed by atoms with Gasteiger partial charge in [0.25, 0.3) is 5.91 Å². The zero-order valence-corrected chi connectivity index (χ0v) is 15.1. The number of hydrogen-bond acceptors (Lipinski definition) is 3. The number of hydrogen-bond donors (Lipinski definition) is 1. The van der Waals surface area contributed by atoms with E-state index in [2.05, 4.69) is 29.0 Å². The van der Waals surface area contributed by atoms with Crippen LogP contribution in [0.4, 0.5) is 0 Å². The van der Waals surface area contributed by atoms with Crippen molar-refractivity contribution in [2.75, 3.05) is 33.7 Å². The van der Waals surface area contributed by atoms with Crippen LogP contribution >= 0.6 is 0 Å². The molecule has 0 atom stereocenters. The highest BCUT2D eigenvalue weighted by atomic mass is 16.1. The van der Waals surface area contributed by atoms with Crippen LogP contribution in [0.1, 0.15) is 49.0 Å². The Morgan fingerprint density at radius 1 is 1.13 bits per heavy atom. The summed E-state index contributed by atoms with van der Waals surface area (Å²) >= 11 is 0. The summed E-state index contributed by atoms with van der Waals surface area (Å²) in [5, 5.41) is 3.11. The Balaban J connectivity index is 1.88. The van der Waals surface area contributed by atoms with E-state index in [0.29, 0.717) is 6.54 Å². The van der Waals surface area contributed by atoms with Crippen molar-refractivity contribution in [3.8, 4) is 0 Å². The SMILES string of the molecule is CN(C)Cc1ccc(C(=O)NCC(C)(C)N2CCCCC2)cc1. The molecule has 2 rings (SSSR count). The second kappa shape index (κ2) is 7.93. The minimum absolute atomic E-state index is 0.0148. The van der Waals surface area contributed by atoms with Gasteiger partial charge in [0.1, 0.15) is 0 Å². The van der Waals surface area contributed by atoms with Gasteiger partial charge in [0.05, 0.1) is 0 Å². The van der Waals surface area contributed by atoms with E-state index in [0.717, 1.165) is 25.2 Å². The largest absolute Gasteiger partial charge is 0.350 e. The van der Waals surface area contributed by atoms with E-state index in [1.165, 1.54) is 24.8 Å². The smallest absolute Gasteiger partial charge is 0.251 e. The van der Waals surface area contributed by atoms with Crippen molar-refractivity contribution in [1.29, 1.82) is 0 Å². The number of nitrogens with zero attached hydrogens (tertiary/aromatic N) is 2. The lowest BCUT2D eigenvalue weighted by Crippen LogP contribution is -2.53. The second-order valence-corrected chi connectivity index (χ2v) is 7.48. The summed E-state index contributed by atoms with van der Waals surface area (Å²) < 4.78 is 0. The Morgan fingerprint density at radius 3 is 2.30 bits per heavy atom. The summed E-state index contributed by atoms with van der Waals surface area (Å²) in [4.78, 5) is 17.0. The standard InChI is InChI=1S/C19H31N3O/c1-19(2,22-12-6-5-7-13-22)15-20-18(23)17-10-8-16(9-11-17)14-21(3)4/h8-11H,5-7,12-15H2,1-4H3,(H,20,23). The topological polar surface area (TPSA) is 35.6 Å². The minimum Gasteiger partial charge on any atom is -0.350 e. The van der Waals surface area contributed by atoms with Crippen LogP contribution < -0.4 is 5.32 Å². The third-order valence-corrected chi connectivity index (χ3v) is 4.61. The van der Waals surface area contributed by atoms with Gasteiger partial charge in [-0.15, -0.1) is 0 Å². The first-order valence-electron chi connectivity index (χ1n) is 8.65. The maximum Gasteiger partial charge on any atom is 0.251 e. The van der Waals surface area contributed by atoms with E-state index in [-0.39, 0.29) is 11.4 Å². The van der Waals surface area contributed by atoms with Crippen molar-refractivity contribution >= 4 is 5.91 Å². The molecule has 4 nitrogen and oxygen atoms in total. The minimum atomic E-state index is 0.0148. The molecule has 0 aromatic heterocycles. The molecule has 0 saturated carbocycles. The molecule has 1 aromatic carbocycles. The molecule has 0 radical (unpaired) electrons. The van der Waals surface area contributed by atoms with Crippen LogP contribution in [0.15, 0.2) is 24.3 Å². The first-order chi connectivity index (χ1) is 10.9. The van der Waals surface area contributed by atoms with Crippen molar-refractivity contribution in [3.05, 3.63) is 35.4 Å². The molecule has 0 spiro atoms. The van der Waals surface area contributed by atoms with Crippen molar-refractivity contribution in [1.82, 2.24) is 15.1 Å². The lowest BCUT2D eigenvalue weighted by Gasteiger charge is -2.41. The van der Waals surface area contributed by atoms with Gasteiger partial charge in [-0.05, 0) is 71.6 Å². The molecule has 1 heterocycles. The van der Waals surface area contributed by atoms with Crippen LogP contribution in [0.2, 0.25) is 0 Å². The number of rotatable bonds is 6. The van der Waals surface area contributed by atoms with Gasteiger partial charge in [-0.3, -0.25) is 9.69 Å². The maximum atomic E-state index is 12.4. The second-order valence-electron chi connectivity index (χ2n) is 7.48. The van der Waals surface area contributed by atoms with Crippen molar-refractivity contribution in [2.45, 2.75) is 45.2 Å². The third kappa shape index (κ3) is 5.33. The molecule has 128 valence electrons. The molecule has 1 aliphatic heterocycles. The summed E-state index contributed by atoms with van der Waals surface area (Å²) in [6.07, 6.45) is 3.87. The van der Waals surface area contributed by atoms with E-state index in [9.17, 15) is 4.79 Å². The highest BCUT2D eigenvalue weighted by Crippen LogP contribution is 2.20. The molecule has 1 saturated heterocycles. The Labute approximate surface area is 140 Å². The lowest BCUT2D eigenvalue weighted by molar-refractivity contribution is 0.0797. The lowest BCUT2D eigenvalue weighted by atomic mass is 9.98. The Hall–Kier alpha value is -1.39. The molecule has 0 bridgehead atoms. The van der Waals surface area contributed by atoms with Gasteiger partial charge >= 0.3 is 0 Å². The predicted molar refractivity (Wildman–Crippen MR) is 95.7 cm³/mol. The highest BCUT2D eigenvalue weighted by molar-refractivity contribution is 5.94. The molecule has 1 aliphatic rings. The molecule has 1 aromatic rings. The predicted octanol–water partition coefficient (Wildman–Crippen LogP) is 2.74. The van der Waals surface area contributed by atoms with Crippen molar-refractivity contribution < 1.29 is 4.79 Å². The average Bonchev–Trinajstić information content (AvgIpc) is 2.54. The number of likely N-dealkylation sites (tertiary alicyclic amines) is 1. The van der Waals surface area contributed by atoms with Crippen LogP contribution in [0, 0.1) is 0 Å². The summed E-state index contributed by atoms with van der Waals surface area (Å²) in [5.41, 5.74) is 1.98. The molecule has 23 heavy (non-hydrogen) atoms. The fraction of sp³-hybridized carbons (Fsp3) is 0.632. The quantitative estimate of drug-likeness (QED) is 0.876. The number of carbonyl (C=O) groups is 1. The van der Waals surface area contributed by atoms with E-state index in [1.54, 1.807) is 0 Å². The zero-order chi connectivity index (χ0) is 16.9. The summed E-state index contributed by atoms with van der Waals surface area (Å²) in [6.45, 7) is 8.30. The van der Waals surface area contributed by atoms with E-state index < -0.39 is 0 Å². The molecule has 1 amide bonds. The normalized spacial score (nSPS) is 16.6. The molecular weight excluding hydrogens is 286 g/mol. The Bertz CT molecular complexity index is 502. The van der Waals surface area contributed by atoms with Crippen molar-refractivity contribution in [2.24, 2.45) is 0 Å². The number of carbonyl (C=O) groups excluding carboxylic acids is 1. The summed E-state index contributed by atoms with van der Waals surface area (Å²) in [7, 11) is 4.09. The number of nitrogens with one attached hydrogen (secondary N) is 1. The fourth-order valence-electron chi connectivity index (χ4n) is 3.14. The molecule has 0 aliphatic carbocycles.